The van der Waals surface area contributed by atoms with Crippen LogP contribution >= 0.6 is 12.2 Å². The van der Waals surface area contributed by atoms with E-state index in [4.69, 9.17) is 22.7 Å². The number of alkyl carbamates (subject to hydrolysis) is 1. The van der Waals surface area contributed by atoms with Crippen LogP contribution in [0.4, 0.5) is 4.79 Å². The molecule has 0 aliphatic carbocycles. The summed E-state index contributed by atoms with van der Waals surface area (Å²) >= 11 is 4.69. The van der Waals surface area contributed by atoms with Crippen molar-refractivity contribution in [2.45, 2.75) is 26.7 Å². The number of thiocarbonyl (C=S) groups is 1. The van der Waals surface area contributed by atoms with E-state index in [1.54, 1.807) is 0 Å². The number of hydrogen-bond acceptors (Lipinski definition) is 3. The van der Waals surface area contributed by atoms with Crippen molar-refractivity contribution in [3.63, 3.8) is 0 Å². The van der Waals surface area contributed by atoms with E-state index in [1.807, 2.05) is 13.8 Å². The molecule has 14 heavy (non-hydrogen) atoms. The second kappa shape index (κ2) is 7.55. The molecule has 0 atom stereocenters. The maximum Gasteiger partial charge on any atom is 0.407 e. The van der Waals surface area contributed by atoms with Crippen LogP contribution in [-0.2, 0) is 4.74 Å². The highest BCUT2D eigenvalue weighted by molar-refractivity contribution is 7.80. The van der Waals surface area contributed by atoms with Crippen LogP contribution in [0.15, 0.2) is 0 Å². The van der Waals surface area contributed by atoms with Gasteiger partial charge in [0.25, 0.3) is 0 Å². The highest BCUT2D eigenvalue weighted by atomic mass is 32.1. The topological polar surface area (TPSA) is 64.3 Å². The molecule has 0 aromatic heterocycles. The monoisotopic (exact) mass is 218 g/mol. The lowest BCUT2D eigenvalue weighted by Gasteiger charge is -2.08. The third kappa shape index (κ3) is 9.25. The van der Waals surface area contributed by atoms with Crippen LogP contribution < -0.4 is 11.1 Å². The number of nitrogens with two attached hydrogens (primary N) is 1. The maximum absolute atomic E-state index is 11.0. The van der Waals surface area contributed by atoms with Gasteiger partial charge in [0.15, 0.2) is 0 Å². The molecule has 1 amide bonds. The molecule has 0 rings (SSSR count). The third-order valence-electron chi connectivity index (χ3n) is 1.42. The van der Waals surface area contributed by atoms with Gasteiger partial charge in [0.1, 0.15) is 0 Å². The van der Waals surface area contributed by atoms with Gasteiger partial charge in [-0.1, -0.05) is 26.1 Å². The lowest BCUT2D eigenvalue weighted by atomic mass is 10.2. The molecular weight excluding hydrogens is 200 g/mol. The Morgan fingerprint density at radius 2 is 2.21 bits per heavy atom. The Kier molecular flexibility index (Phi) is 7.10. The average Bonchev–Trinajstić information content (AvgIpc) is 2.08. The zero-order valence-corrected chi connectivity index (χ0v) is 9.52. The van der Waals surface area contributed by atoms with Gasteiger partial charge in [0, 0.05) is 6.54 Å². The summed E-state index contributed by atoms with van der Waals surface area (Å²) in [5.41, 5.74) is 5.30. The molecule has 0 bridgehead atoms. The van der Waals surface area contributed by atoms with Crippen molar-refractivity contribution in [3.05, 3.63) is 0 Å². The van der Waals surface area contributed by atoms with Crippen LogP contribution in [0, 0.1) is 5.92 Å². The lowest BCUT2D eigenvalue weighted by molar-refractivity contribution is 0.133. The van der Waals surface area contributed by atoms with E-state index in [1.165, 1.54) is 0 Å². The first kappa shape index (κ1) is 13.2. The number of nitrogens with one attached hydrogen (secondary N) is 1. The lowest BCUT2D eigenvalue weighted by Crippen LogP contribution is -2.27. The zero-order chi connectivity index (χ0) is 11.0. The molecule has 0 unspecified atom stereocenters. The van der Waals surface area contributed by atoms with E-state index in [-0.39, 0.29) is 6.09 Å². The van der Waals surface area contributed by atoms with Crippen molar-refractivity contribution in [2.75, 3.05) is 13.2 Å². The van der Waals surface area contributed by atoms with Crippen LogP contribution in [0.5, 0.6) is 0 Å². The van der Waals surface area contributed by atoms with Gasteiger partial charge in [-0.25, -0.2) is 4.79 Å². The molecule has 0 aromatic rings. The summed E-state index contributed by atoms with van der Waals surface area (Å²) < 4.78 is 4.90. The van der Waals surface area contributed by atoms with E-state index >= 15 is 0 Å². The molecule has 0 saturated heterocycles. The number of amides is 1. The van der Waals surface area contributed by atoms with Gasteiger partial charge in [-0.05, 0) is 18.8 Å². The van der Waals surface area contributed by atoms with Gasteiger partial charge in [-0.3, -0.25) is 0 Å². The number of hydrogen-bond donors (Lipinski definition) is 2. The first-order valence-corrected chi connectivity index (χ1v) is 5.12. The Bertz CT molecular complexity index is 195. The van der Waals surface area contributed by atoms with Crippen molar-refractivity contribution in [1.29, 1.82) is 0 Å². The summed E-state index contributed by atoms with van der Waals surface area (Å²) in [5, 5.41) is 2.62. The second-order valence-corrected chi connectivity index (χ2v) is 4.01. The zero-order valence-electron chi connectivity index (χ0n) is 8.71. The minimum atomic E-state index is -0.373. The minimum Gasteiger partial charge on any atom is -0.449 e. The fraction of sp³-hybridized carbons (Fsp3) is 0.778. The summed E-state index contributed by atoms with van der Waals surface area (Å²) in [6, 6.07) is 0. The highest BCUT2D eigenvalue weighted by Crippen LogP contribution is 1.93. The maximum atomic E-state index is 11.0. The summed E-state index contributed by atoms with van der Waals surface area (Å²) in [4.78, 5) is 11.5. The second-order valence-electron chi connectivity index (χ2n) is 3.49. The van der Waals surface area contributed by atoms with Gasteiger partial charge in [0.05, 0.1) is 11.6 Å². The predicted octanol–water partition coefficient (Wildman–Crippen LogP) is 1.43. The summed E-state index contributed by atoms with van der Waals surface area (Å²) in [5.74, 6) is 0.359. The Hall–Kier alpha value is -0.840. The molecule has 0 aliphatic rings. The summed E-state index contributed by atoms with van der Waals surface area (Å²) in [6.45, 7) is 4.97. The molecule has 82 valence electrons. The van der Waals surface area contributed by atoms with Crippen molar-refractivity contribution in [3.8, 4) is 0 Å². The van der Waals surface area contributed by atoms with Crippen molar-refractivity contribution in [2.24, 2.45) is 11.7 Å². The molecule has 3 N–H and O–H groups in total. The molecule has 0 spiro atoms. The van der Waals surface area contributed by atoms with E-state index in [0.29, 0.717) is 30.5 Å². The Balaban J connectivity index is 3.31. The molecule has 0 aromatic carbocycles. The highest BCUT2D eigenvalue weighted by Gasteiger charge is 2.02. The molecule has 0 fully saturated rings. The summed E-state index contributed by atoms with van der Waals surface area (Å²) in [6.07, 6.45) is 1.04. The molecular formula is C9H18N2O2S. The number of ether oxygens (including phenoxy) is 1. The molecule has 4 nitrogen and oxygen atoms in total. The summed E-state index contributed by atoms with van der Waals surface area (Å²) in [7, 11) is 0. The molecule has 0 aliphatic heterocycles. The van der Waals surface area contributed by atoms with E-state index in [9.17, 15) is 4.79 Å². The Labute approximate surface area is 90.2 Å². The fourth-order valence-electron chi connectivity index (χ4n) is 0.746. The van der Waals surface area contributed by atoms with E-state index in [2.05, 4.69) is 5.32 Å². The first-order valence-electron chi connectivity index (χ1n) is 4.71. The molecule has 0 radical (unpaired) electrons. The van der Waals surface area contributed by atoms with E-state index in [0.717, 1.165) is 6.42 Å². The van der Waals surface area contributed by atoms with Crippen molar-refractivity contribution >= 4 is 23.3 Å². The van der Waals surface area contributed by atoms with Crippen LogP contribution in [0.1, 0.15) is 26.7 Å². The van der Waals surface area contributed by atoms with E-state index < -0.39 is 0 Å². The van der Waals surface area contributed by atoms with Crippen LogP contribution in [0.25, 0.3) is 0 Å². The molecule has 0 heterocycles. The van der Waals surface area contributed by atoms with Crippen LogP contribution in [-0.4, -0.2) is 24.2 Å². The van der Waals surface area contributed by atoms with Crippen LogP contribution in [0.3, 0.4) is 0 Å². The first-order chi connectivity index (χ1) is 6.52. The number of rotatable bonds is 6. The van der Waals surface area contributed by atoms with Crippen LogP contribution in [0.2, 0.25) is 0 Å². The van der Waals surface area contributed by atoms with Crippen molar-refractivity contribution < 1.29 is 9.53 Å². The normalized spacial score (nSPS) is 9.93. The Morgan fingerprint density at radius 1 is 1.57 bits per heavy atom. The number of carbonyl (C=O) groups excluding carboxylic acids is 1. The molecule has 5 heteroatoms. The molecule has 0 saturated carbocycles. The van der Waals surface area contributed by atoms with Gasteiger partial charge in [-0.15, -0.1) is 0 Å². The van der Waals surface area contributed by atoms with Crippen molar-refractivity contribution in [1.82, 2.24) is 5.32 Å². The largest absolute Gasteiger partial charge is 0.449 e. The average molecular weight is 218 g/mol. The SMILES string of the molecule is CC(C)COC(=O)NCCCC(N)=S. The van der Waals surface area contributed by atoms with Gasteiger partial charge < -0.3 is 15.8 Å². The minimum absolute atomic E-state index is 0.359. The van der Waals surface area contributed by atoms with Gasteiger partial charge >= 0.3 is 6.09 Å². The van der Waals surface area contributed by atoms with Gasteiger partial charge in [-0.2, -0.15) is 0 Å². The third-order valence-corrected chi connectivity index (χ3v) is 1.62. The van der Waals surface area contributed by atoms with Gasteiger partial charge in [0.2, 0.25) is 0 Å². The standard InChI is InChI=1S/C9H18N2O2S/c1-7(2)6-13-9(12)11-5-3-4-8(10)14/h7H,3-6H2,1-2H3,(H2,10,14)(H,11,12). The smallest absolute Gasteiger partial charge is 0.407 e. The fourth-order valence-corrected chi connectivity index (χ4v) is 0.891. The predicted molar refractivity (Wildman–Crippen MR) is 60.2 cm³/mol. The Morgan fingerprint density at radius 3 is 2.71 bits per heavy atom. The number of carbonyl (C=O) groups is 1. The quantitative estimate of drug-likeness (QED) is 0.523.